The standard InChI is InChI=1S/C20H28O2/c1-15(8-6-9-16(2)14-19(21)22)11-12-18-17(3)10-7-13-20(18,4)5/h6,8-9,11-12,14H,7,10,13H2,1-5H3,(H,21,22)/b9-6+,12-11-,15-8+,16-14-. The maximum atomic E-state index is 10.5. The summed E-state index contributed by atoms with van der Waals surface area (Å²) < 4.78 is 0. The van der Waals surface area contributed by atoms with E-state index in [1.165, 1.54) is 36.5 Å². The smallest absolute Gasteiger partial charge is 0.328 e. The van der Waals surface area contributed by atoms with Crippen molar-refractivity contribution in [2.75, 3.05) is 0 Å². The van der Waals surface area contributed by atoms with Crippen LogP contribution in [0.3, 0.4) is 0 Å². The van der Waals surface area contributed by atoms with Gasteiger partial charge >= 0.3 is 5.97 Å². The minimum atomic E-state index is -0.912. The number of carbonyl (C=O) groups is 1. The molecule has 1 N–H and O–H groups in total. The lowest BCUT2D eigenvalue weighted by molar-refractivity contribution is -0.131. The highest BCUT2D eigenvalue weighted by Crippen LogP contribution is 2.40. The van der Waals surface area contributed by atoms with Gasteiger partial charge in [-0.2, -0.15) is 0 Å². The third-order valence-corrected chi connectivity index (χ3v) is 4.12. The quantitative estimate of drug-likeness (QED) is 0.530. The molecule has 0 radical (unpaired) electrons. The van der Waals surface area contributed by atoms with Crippen LogP contribution in [-0.4, -0.2) is 11.1 Å². The summed E-state index contributed by atoms with van der Waals surface area (Å²) in [6.45, 7) is 10.7. The Morgan fingerprint density at radius 2 is 1.86 bits per heavy atom. The first-order valence-electron chi connectivity index (χ1n) is 7.87. The Morgan fingerprint density at radius 1 is 1.18 bits per heavy atom. The lowest BCUT2D eigenvalue weighted by Gasteiger charge is -2.32. The van der Waals surface area contributed by atoms with Crippen molar-refractivity contribution >= 4 is 5.97 Å². The molecule has 0 aromatic carbocycles. The lowest BCUT2D eigenvalue weighted by Crippen LogP contribution is -2.19. The van der Waals surface area contributed by atoms with Crippen molar-refractivity contribution in [3.63, 3.8) is 0 Å². The topological polar surface area (TPSA) is 37.3 Å². The molecule has 0 spiro atoms. The maximum absolute atomic E-state index is 10.5. The van der Waals surface area contributed by atoms with Crippen LogP contribution >= 0.6 is 0 Å². The van der Waals surface area contributed by atoms with Gasteiger partial charge in [0, 0.05) is 6.08 Å². The summed E-state index contributed by atoms with van der Waals surface area (Å²) in [6.07, 6.45) is 15.0. The number of rotatable bonds is 5. The Labute approximate surface area is 134 Å². The molecule has 0 heterocycles. The van der Waals surface area contributed by atoms with Gasteiger partial charge in [-0.05, 0) is 56.6 Å². The van der Waals surface area contributed by atoms with Crippen molar-refractivity contribution in [1.29, 1.82) is 0 Å². The second-order valence-electron chi connectivity index (χ2n) is 6.76. The van der Waals surface area contributed by atoms with E-state index in [9.17, 15) is 4.79 Å². The third kappa shape index (κ3) is 5.88. The van der Waals surface area contributed by atoms with Crippen molar-refractivity contribution < 1.29 is 9.90 Å². The third-order valence-electron chi connectivity index (χ3n) is 4.12. The van der Waals surface area contributed by atoms with Crippen molar-refractivity contribution in [2.45, 2.75) is 53.9 Å². The summed E-state index contributed by atoms with van der Waals surface area (Å²) in [5, 5.41) is 8.65. The fraction of sp³-hybridized carbons (Fsp3) is 0.450. The largest absolute Gasteiger partial charge is 0.478 e. The molecule has 0 fully saturated rings. The van der Waals surface area contributed by atoms with Gasteiger partial charge in [-0.15, -0.1) is 0 Å². The van der Waals surface area contributed by atoms with E-state index in [0.29, 0.717) is 0 Å². The van der Waals surface area contributed by atoms with E-state index in [1.54, 1.807) is 13.0 Å². The van der Waals surface area contributed by atoms with Gasteiger partial charge in [-0.25, -0.2) is 4.79 Å². The Morgan fingerprint density at radius 3 is 2.45 bits per heavy atom. The predicted molar refractivity (Wildman–Crippen MR) is 93.8 cm³/mol. The fourth-order valence-electron chi connectivity index (χ4n) is 2.88. The maximum Gasteiger partial charge on any atom is 0.328 e. The van der Waals surface area contributed by atoms with Crippen LogP contribution < -0.4 is 0 Å². The summed E-state index contributed by atoms with van der Waals surface area (Å²) in [6, 6.07) is 0. The highest BCUT2D eigenvalue weighted by atomic mass is 16.4. The first-order valence-corrected chi connectivity index (χ1v) is 7.87. The summed E-state index contributed by atoms with van der Waals surface area (Å²) in [5.41, 5.74) is 5.09. The van der Waals surface area contributed by atoms with Gasteiger partial charge < -0.3 is 5.11 Å². The van der Waals surface area contributed by atoms with Crippen molar-refractivity contribution in [2.24, 2.45) is 5.41 Å². The van der Waals surface area contributed by atoms with E-state index < -0.39 is 5.97 Å². The van der Waals surface area contributed by atoms with Crippen LogP contribution in [0.25, 0.3) is 0 Å². The van der Waals surface area contributed by atoms with E-state index in [-0.39, 0.29) is 5.41 Å². The van der Waals surface area contributed by atoms with Crippen molar-refractivity contribution in [3.8, 4) is 0 Å². The zero-order valence-electron chi connectivity index (χ0n) is 14.4. The molecule has 0 aromatic heterocycles. The Bertz CT molecular complexity index is 567. The molecule has 0 amide bonds. The van der Waals surface area contributed by atoms with E-state index in [1.807, 2.05) is 12.2 Å². The molecule has 2 heteroatoms. The van der Waals surface area contributed by atoms with E-state index in [0.717, 1.165) is 11.1 Å². The normalized spacial score (nSPS) is 20.2. The molecule has 1 aliphatic carbocycles. The van der Waals surface area contributed by atoms with E-state index in [4.69, 9.17) is 5.11 Å². The zero-order chi connectivity index (χ0) is 16.8. The van der Waals surface area contributed by atoms with Gasteiger partial charge in [0.15, 0.2) is 0 Å². The molecule has 0 saturated heterocycles. The Hall–Kier alpha value is -1.83. The fourth-order valence-corrected chi connectivity index (χ4v) is 2.88. The average Bonchev–Trinajstić information content (AvgIpc) is 2.36. The molecule has 0 aliphatic heterocycles. The second-order valence-corrected chi connectivity index (χ2v) is 6.76. The van der Waals surface area contributed by atoms with E-state index >= 15 is 0 Å². The Kier molecular flexibility index (Phi) is 6.61. The highest BCUT2D eigenvalue weighted by Gasteiger charge is 2.26. The van der Waals surface area contributed by atoms with E-state index in [2.05, 4.69) is 39.8 Å². The molecule has 0 unspecified atom stereocenters. The number of hydrogen-bond donors (Lipinski definition) is 1. The van der Waals surface area contributed by atoms with Crippen molar-refractivity contribution in [1.82, 2.24) is 0 Å². The SMILES string of the molecule is CC1=C(\C=C/C(C)=C/C=C/C(C)=C\C(=O)O)C(C)(C)CCC1. The van der Waals surface area contributed by atoms with Crippen LogP contribution in [0, 0.1) is 5.41 Å². The van der Waals surface area contributed by atoms with Gasteiger partial charge in [0.05, 0.1) is 0 Å². The Balaban J connectivity index is 2.79. The highest BCUT2D eigenvalue weighted by molar-refractivity contribution is 5.81. The minimum Gasteiger partial charge on any atom is -0.478 e. The molecule has 0 bridgehead atoms. The van der Waals surface area contributed by atoms with Gasteiger partial charge in [-0.1, -0.05) is 55.4 Å². The molecule has 1 aliphatic rings. The molecule has 120 valence electrons. The van der Waals surface area contributed by atoms with Crippen molar-refractivity contribution in [3.05, 3.63) is 58.7 Å². The summed E-state index contributed by atoms with van der Waals surface area (Å²) in [7, 11) is 0. The zero-order valence-corrected chi connectivity index (χ0v) is 14.4. The van der Waals surface area contributed by atoms with Crippen LogP contribution in [0.1, 0.15) is 53.9 Å². The lowest BCUT2D eigenvalue weighted by atomic mass is 9.72. The molecular formula is C20H28O2. The number of hydrogen-bond acceptors (Lipinski definition) is 1. The molecular weight excluding hydrogens is 272 g/mol. The van der Waals surface area contributed by atoms with Gasteiger partial charge in [0.1, 0.15) is 0 Å². The monoisotopic (exact) mass is 300 g/mol. The van der Waals surface area contributed by atoms with Gasteiger partial charge in [0.25, 0.3) is 0 Å². The van der Waals surface area contributed by atoms with Crippen LogP contribution in [0.2, 0.25) is 0 Å². The molecule has 0 aromatic rings. The number of aliphatic carboxylic acids is 1. The van der Waals surface area contributed by atoms with Gasteiger partial charge in [-0.3, -0.25) is 0 Å². The van der Waals surface area contributed by atoms with Crippen LogP contribution in [-0.2, 0) is 4.79 Å². The molecule has 2 nitrogen and oxygen atoms in total. The first kappa shape index (κ1) is 18.2. The second kappa shape index (κ2) is 7.98. The minimum absolute atomic E-state index is 0.260. The summed E-state index contributed by atoms with van der Waals surface area (Å²) in [4.78, 5) is 10.5. The summed E-state index contributed by atoms with van der Waals surface area (Å²) >= 11 is 0. The average molecular weight is 300 g/mol. The van der Waals surface area contributed by atoms with Crippen LogP contribution in [0.15, 0.2) is 58.7 Å². The number of allylic oxidation sites excluding steroid dienone is 9. The number of carboxylic acids is 1. The molecule has 0 atom stereocenters. The number of carboxylic acid groups (broad SMARTS) is 1. The predicted octanol–water partition coefficient (Wildman–Crippen LogP) is 5.60. The molecule has 22 heavy (non-hydrogen) atoms. The first-order chi connectivity index (χ1) is 10.2. The van der Waals surface area contributed by atoms with Crippen LogP contribution in [0.4, 0.5) is 0 Å². The molecule has 1 rings (SSSR count). The van der Waals surface area contributed by atoms with Crippen LogP contribution in [0.5, 0.6) is 0 Å². The summed E-state index contributed by atoms with van der Waals surface area (Å²) in [5.74, 6) is -0.912. The van der Waals surface area contributed by atoms with Gasteiger partial charge in [0.2, 0.25) is 0 Å². The molecule has 0 saturated carbocycles.